The number of amides is 2. The number of nitrogens with one attached hydrogen (secondary N) is 1. The SMILES string of the molecule is C[C@@]1(C(=O)NC2CCCCCCC2)Cc2ccccc2C(=O)N1CCCN1CCOCC1. The van der Waals surface area contributed by atoms with Crippen molar-refractivity contribution in [2.75, 3.05) is 39.4 Å². The van der Waals surface area contributed by atoms with Crippen LogP contribution >= 0.6 is 0 Å². The van der Waals surface area contributed by atoms with Crippen molar-refractivity contribution in [1.82, 2.24) is 15.1 Å². The maximum Gasteiger partial charge on any atom is 0.255 e. The lowest BCUT2D eigenvalue weighted by Crippen LogP contribution is -2.64. The molecule has 32 heavy (non-hydrogen) atoms. The number of carbonyl (C=O) groups is 2. The van der Waals surface area contributed by atoms with E-state index in [-0.39, 0.29) is 17.9 Å². The van der Waals surface area contributed by atoms with Gasteiger partial charge in [0.1, 0.15) is 5.54 Å². The molecule has 1 aromatic rings. The highest BCUT2D eigenvalue weighted by molar-refractivity contribution is 6.02. The van der Waals surface area contributed by atoms with E-state index >= 15 is 0 Å². The number of morpholine rings is 1. The maximum absolute atomic E-state index is 13.7. The standard InChI is InChI=1S/C26H39N3O3/c1-26(25(31)27-22-11-5-3-2-4-6-12-22)20-21-10-7-8-13-23(21)24(30)29(26)15-9-14-28-16-18-32-19-17-28/h7-8,10,13,22H,2-6,9,11-12,14-20H2,1H3,(H,27,31)/t26-/m0/s1. The smallest absolute Gasteiger partial charge is 0.255 e. The van der Waals surface area contributed by atoms with Crippen molar-refractivity contribution in [1.29, 1.82) is 0 Å². The molecule has 1 aromatic carbocycles. The van der Waals surface area contributed by atoms with Crippen molar-refractivity contribution in [3.63, 3.8) is 0 Å². The van der Waals surface area contributed by atoms with Crippen LogP contribution in [0.1, 0.15) is 74.2 Å². The molecule has 0 bridgehead atoms. The van der Waals surface area contributed by atoms with E-state index in [1.54, 1.807) is 0 Å². The number of ether oxygens (including phenoxy) is 1. The lowest BCUT2D eigenvalue weighted by molar-refractivity contribution is -0.132. The van der Waals surface area contributed by atoms with E-state index in [9.17, 15) is 9.59 Å². The van der Waals surface area contributed by atoms with Crippen LogP contribution in [0.4, 0.5) is 0 Å². The van der Waals surface area contributed by atoms with E-state index in [0.717, 1.165) is 63.2 Å². The predicted octanol–water partition coefficient (Wildman–Crippen LogP) is 3.40. The fraction of sp³-hybridized carbons (Fsp3) is 0.692. The van der Waals surface area contributed by atoms with Gasteiger partial charge in [-0.25, -0.2) is 0 Å². The van der Waals surface area contributed by atoms with Gasteiger partial charge in [-0.1, -0.05) is 50.3 Å². The van der Waals surface area contributed by atoms with Gasteiger partial charge in [-0.3, -0.25) is 14.5 Å². The molecule has 0 aromatic heterocycles. The fourth-order valence-electron chi connectivity index (χ4n) is 5.49. The third-order valence-corrected chi connectivity index (χ3v) is 7.51. The number of rotatable bonds is 6. The molecule has 1 saturated heterocycles. The van der Waals surface area contributed by atoms with E-state index < -0.39 is 5.54 Å². The molecule has 0 radical (unpaired) electrons. The number of fused-ring (bicyclic) bond motifs is 1. The Morgan fingerprint density at radius 2 is 1.75 bits per heavy atom. The van der Waals surface area contributed by atoms with Crippen molar-refractivity contribution in [3.8, 4) is 0 Å². The first-order valence-electron chi connectivity index (χ1n) is 12.6. The molecule has 1 atom stereocenters. The van der Waals surface area contributed by atoms with Crippen molar-refractivity contribution in [2.24, 2.45) is 0 Å². The first-order chi connectivity index (χ1) is 15.6. The zero-order valence-corrected chi connectivity index (χ0v) is 19.6. The first kappa shape index (κ1) is 23.2. The second-order valence-electron chi connectivity index (χ2n) is 9.89. The summed E-state index contributed by atoms with van der Waals surface area (Å²) in [5, 5.41) is 3.36. The van der Waals surface area contributed by atoms with Crippen LogP contribution in [0.5, 0.6) is 0 Å². The summed E-state index contributed by atoms with van der Waals surface area (Å²) in [6.45, 7) is 6.92. The van der Waals surface area contributed by atoms with E-state index in [1.807, 2.05) is 36.1 Å². The van der Waals surface area contributed by atoms with Gasteiger partial charge in [0, 0.05) is 44.2 Å². The van der Waals surface area contributed by atoms with Crippen LogP contribution in [0, 0.1) is 0 Å². The van der Waals surface area contributed by atoms with E-state index in [0.29, 0.717) is 13.0 Å². The number of carbonyl (C=O) groups excluding carboxylic acids is 2. The van der Waals surface area contributed by atoms with Gasteiger partial charge >= 0.3 is 0 Å². The molecule has 6 nitrogen and oxygen atoms in total. The Hall–Kier alpha value is -1.92. The van der Waals surface area contributed by atoms with Gasteiger partial charge in [-0.15, -0.1) is 0 Å². The molecule has 2 fully saturated rings. The number of hydrogen-bond acceptors (Lipinski definition) is 4. The third-order valence-electron chi connectivity index (χ3n) is 7.51. The number of benzene rings is 1. The monoisotopic (exact) mass is 441 g/mol. The van der Waals surface area contributed by atoms with Crippen molar-refractivity contribution in [2.45, 2.75) is 76.3 Å². The molecule has 4 rings (SSSR count). The molecule has 0 spiro atoms. The zero-order chi connectivity index (χ0) is 22.4. The molecule has 2 amide bonds. The summed E-state index contributed by atoms with van der Waals surface area (Å²) in [6.07, 6.45) is 9.68. The Labute approximate surface area is 192 Å². The maximum atomic E-state index is 13.7. The summed E-state index contributed by atoms with van der Waals surface area (Å²) in [5.74, 6) is 0.00134. The van der Waals surface area contributed by atoms with Crippen LogP contribution in [0.15, 0.2) is 24.3 Å². The Morgan fingerprint density at radius 1 is 1.06 bits per heavy atom. The van der Waals surface area contributed by atoms with Crippen molar-refractivity contribution in [3.05, 3.63) is 35.4 Å². The highest BCUT2D eigenvalue weighted by Crippen LogP contribution is 2.32. The van der Waals surface area contributed by atoms with E-state index in [4.69, 9.17) is 4.74 Å². The summed E-state index contributed by atoms with van der Waals surface area (Å²) in [6, 6.07) is 8.01. The lowest BCUT2D eigenvalue weighted by atomic mass is 9.82. The molecular weight excluding hydrogens is 402 g/mol. The van der Waals surface area contributed by atoms with Crippen molar-refractivity contribution < 1.29 is 14.3 Å². The van der Waals surface area contributed by atoms with Crippen LogP contribution in [0.2, 0.25) is 0 Å². The quantitative estimate of drug-likeness (QED) is 0.735. The van der Waals surface area contributed by atoms with Gasteiger partial charge < -0.3 is 15.0 Å². The average Bonchev–Trinajstić information content (AvgIpc) is 2.78. The van der Waals surface area contributed by atoms with Gasteiger partial charge in [-0.2, -0.15) is 0 Å². The molecule has 2 aliphatic heterocycles. The number of hydrogen-bond donors (Lipinski definition) is 1. The first-order valence-corrected chi connectivity index (χ1v) is 12.6. The van der Waals surface area contributed by atoms with Crippen LogP contribution in [0.3, 0.4) is 0 Å². The number of nitrogens with zero attached hydrogens (tertiary/aromatic N) is 2. The van der Waals surface area contributed by atoms with Gasteiger partial charge in [0.05, 0.1) is 13.2 Å². The Balaban J connectivity index is 1.48. The van der Waals surface area contributed by atoms with E-state index in [1.165, 1.54) is 32.1 Å². The summed E-state index contributed by atoms with van der Waals surface area (Å²) in [5.41, 5.74) is 0.881. The van der Waals surface area contributed by atoms with Crippen LogP contribution in [0.25, 0.3) is 0 Å². The Kier molecular flexibility index (Phi) is 7.84. The summed E-state index contributed by atoms with van der Waals surface area (Å²) in [4.78, 5) is 31.5. The normalized spacial score (nSPS) is 25.7. The second kappa shape index (κ2) is 10.8. The molecule has 1 aliphatic carbocycles. The molecule has 6 heteroatoms. The second-order valence-corrected chi connectivity index (χ2v) is 9.89. The van der Waals surface area contributed by atoms with Gasteiger partial charge in [-0.05, 0) is 37.8 Å². The summed E-state index contributed by atoms with van der Waals surface area (Å²) < 4.78 is 5.45. The zero-order valence-electron chi connectivity index (χ0n) is 19.6. The fourth-order valence-corrected chi connectivity index (χ4v) is 5.49. The summed E-state index contributed by atoms with van der Waals surface area (Å²) in [7, 11) is 0. The Morgan fingerprint density at radius 3 is 2.50 bits per heavy atom. The molecule has 1 saturated carbocycles. The van der Waals surface area contributed by atoms with E-state index in [2.05, 4.69) is 10.2 Å². The predicted molar refractivity (Wildman–Crippen MR) is 126 cm³/mol. The minimum atomic E-state index is -0.848. The van der Waals surface area contributed by atoms with Gasteiger partial charge in [0.25, 0.3) is 5.91 Å². The lowest BCUT2D eigenvalue weighted by Gasteiger charge is -2.45. The molecular formula is C26H39N3O3. The van der Waals surface area contributed by atoms with Crippen LogP contribution in [-0.4, -0.2) is 72.6 Å². The minimum absolute atomic E-state index is 0.0101. The van der Waals surface area contributed by atoms with Gasteiger partial charge in [0.15, 0.2) is 0 Å². The summed E-state index contributed by atoms with van der Waals surface area (Å²) >= 11 is 0. The van der Waals surface area contributed by atoms with Crippen molar-refractivity contribution >= 4 is 11.8 Å². The molecule has 176 valence electrons. The topological polar surface area (TPSA) is 61.9 Å². The highest BCUT2D eigenvalue weighted by atomic mass is 16.5. The molecule has 1 N–H and O–H groups in total. The third kappa shape index (κ3) is 5.34. The van der Waals surface area contributed by atoms with Crippen LogP contribution in [-0.2, 0) is 16.0 Å². The van der Waals surface area contributed by atoms with Gasteiger partial charge in [0.2, 0.25) is 5.91 Å². The molecule has 3 aliphatic rings. The highest BCUT2D eigenvalue weighted by Gasteiger charge is 2.46. The van der Waals surface area contributed by atoms with Crippen LogP contribution < -0.4 is 5.32 Å². The average molecular weight is 442 g/mol. The minimum Gasteiger partial charge on any atom is -0.379 e. The molecule has 2 heterocycles. The largest absolute Gasteiger partial charge is 0.379 e. The Bertz CT molecular complexity index is 784. The molecule has 0 unspecified atom stereocenters.